The molecule has 2 aromatic rings. The number of anilines is 1. The van der Waals surface area contributed by atoms with Gasteiger partial charge in [-0.1, -0.05) is 29.8 Å². The lowest BCUT2D eigenvalue weighted by Crippen LogP contribution is -2.12. The first-order valence-corrected chi connectivity index (χ1v) is 8.24. The maximum Gasteiger partial charge on any atom is 0.224 e. The highest BCUT2D eigenvalue weighted by molar-refractivity contribution is 14.1. The van der Waals surface area contributed by atoms with Crippen molar-refractivity contribution in [1.82, 2.24) is 0 Å². The van der Waals surface area contributed by atoms with Gasteiger partial charge in [-0.15, -0.1) is 0 Å². The SMILES string of the molecule is Cc1ccc(CCCC(=O)Nc2ccc(I)cc2C)cc1. The molecule has 0 fully saturated rings. The summed E-state index contributed by atoms with van der Waals surface area (Å²) in [7, 11) is 0. The van der Waals surface area contributed by atoms with E-state index in [1.165, 1.54) is 14.7 Å². The second-order valence-electron chi connectivity index (χ2n) is 5.35. The average Bonchev–Trinajstić information content (AvgIpc) is 2.44. The van der Waals surface area contributed by atoms with Crippen LogP contribution in [0, 0.1) is 17.4 Å². The molecule has 0 aliphatic rings. The molecule has 0 saturated heterocycles. The number of carbonyl (C=O) groups is 1. The Balaban J connectivity index is 1.81. The van der Waals surface area contributed by atoms with Gasteiger partial charge in [0.15, 0.2) is 0 Å². The van der Waals surface area contributed by atoms with Gasteiger partial charge in [-0.25, -0.2) is 0 Å². The van der Waals surface area contributed by atoms with Crippen LogP contribution in [0.4, 0.5) is 5.69 Å². The van der Waals surface area contributed by atoms with Gasteiger partial charge in [-0.05, 0) is 78.6 Å². The molecule has 0 aliphatic carbocycles. The quantitative estimate of drug-likeness (QED) is 0.722. The standard InChI is InChI=1S/C18H20INO/c1-13-6-8-15(9-7-13)4-3-5-18(21)20-17-11-10-16(19)12-14(17)2/h6-12H,3-5H2,1-2H3,(H,20,21). The van der Waals surface area contributed by atoms with Gasteiger partial charge in [0.25, 0.3) is 0 Å². The maximum atomic E-state index is 12.0. The van der Waals surface area contributed by atoms with Crippen LogP contribution >= 0.6 is 22.6 Å². The summed E-state index contributed by atoms with van der Waals surface area (Å²) in [5.74, 6) is 0.0893. The molecule has 2 aromatic carbocycles. The fourth-order valence-electron chi connectivity index (χ4n) is 2.19. The normalized spacial score (nSPS) is 10.4. The van der Waals surface area contributed by atoms with E-state index in [2.05, 4.69) is 65.2 Å². The summed E-state index contributed by atoms with van der Waals surface area (Å²) in [5.41, 5.74) is 4.58. The minimum Gasteiger partial charge on any atom is -0.326 e. The Kier molecular flexibility index (Phi) is 5.79. The van der Waals surface area contributed by atoms with Crippen LogP contribution < -0.4 is 5.32 Å². The smallest absolute Gasteiger partial charge is 0.224 e. The fraction of sp³-hybridized carbons (Fsp3) is 0.278. The molecule has 2 nitrogen and oxygen atoms in total. The number of carbonyl (C=O) groups excluding carboxylic acids is 1. The van der Waals surface area contributed by atoms with Gasteiger partial charge in [0.05, 0.1) is 0 Å². The Morgan fingerprint density at radius 2 is 1.81 bits per heavy atom. The lowest BCUT2D eigenvalue weighted by atomic mass is 10.1. The largest absolute Gasteiger partial charge is 0.326 e. The van der Waals surface area contributed by atoms with E-state index in [1.54, 1.807) is 0 Å². The second-order valence-corrected chi connectivity index (χ2v) is 6.59. The Labute approximate surface area is 140 Å². The zero-order chi connectivity index (χ0) is 15.2. The maximum absolute atomic E-state index is 12.0. The zero-order valence-corrected chi connectivity index (χ0v) is 14.6. The molecule has 2 rings (SSSR count). The summed E-state index contributed by atoms with van der Waals surface area (Å²) in [5, 5.41) is 2.99. The van der Waals surface area contributed by atoms with Crippen LogP contribution in [-0.2, 0) is 11.2 Å². The van der Waals surface area contributed by atoms with Gasteiger partial charge in [0.1, 0.15) is 0 Å². The molecule has 0 atom stereocenters. The van der Waals surface area contributed by atoms with Crippen molar-refractivity contribution in [1.29, 1.82) is 0 Å². The molecule has 3 heteroatoms. The van der Waals surface area contributed by atoms with Crippen molar-refractivity contribution in [3.63, 3.8) is 0 Å². The van der Waals surface area contributed by atoms with Crippen LogP contribution in [0.15, 0.2) is 42.5 Å². The third-order valence-corrected chi connectivity index (χ3v) is 4.12. The van der Waals surface area contributed by atoms with Crippen LogP contribution in [0.1, 0.15) is 29.5 Å². The molecule has 1 amide bonds. The van der Waals surface area contributed by atoms with E-state index < -0.39 is 0 Å². The lowest BCUT2D eigenvalue weighted by molar-refractivity contribution is -0.116. The predicted molar refractivity (Wildman–Crippen MR) is 96.6 cm³/mol. The number of amides is 1. The van der Waals surface area contributed by atoms with E-state index in [0.717, 1.165) is 24.1 Å². The monoisotopic (exact) mass is 393 g/mol. The fourth-order valence-corrected chi connectivity index (χ4v) is 2.83. The highest BCUT2D eigenvalue weighted by Crippen LogP contribution is 2.18. The van der Waals surface area contributed by atoms with Crippen LogP contribution in [0.3, 0.4) is 0 Å². The third-order valence-electron chi connectivity index (χ3n) is 3.45. The first-order chi connectivity index (χ1) is 10.0. The van der Waals surface area contributed by atoms with Gasteiger partial charge in [0.2, 0.25) is 5.91 Å². The molecule has 21 heavy (non-hydrogen) atoms. The molecule has 0 spiro atoms. The summed E-state index contributed by atoms with van der Waals surface area (Å²) in [6, 6.07) is 14.6. The molecular formula is C18H20INO. The van der Waals surface area contributed by atoms with Gasteiger partial charge < -0.3 is 5.32 Å². The molecule has 0 aliphatic heterocycles. The Bertz CT molecular complexity index is 620. The summed E-state index contributed by atoms with van der Waals surface area (Å²) < 4.78 is 1.18. The number of aryl methyl sites for hydroxylation is 3. The number of hydrogen-bond donors (Lipinski definition) is 1. The average molecular weight is 393 g/mol. The summed E-state index contributed by atoms with van der Waals surface area (Å²) in [6.07, 6.45) is 2.37. The van der Waals surface area contributed by atoms with Crippen molar-refractivity contribution in [3.8, 4) is 0 Å². The molecular weight excluding hydrogens is 373 g/mol. The number of nitrogens with one attached hydrogen (secondary N) is 1. The minimum atomic E-state index is 0.0893. The molecule has 110 valence electrons. The molecule has 0 unspecified atom stereocenters. The number of benzene rings is 2. The topological polar surface area (TPSA) is 29.1 Å². The predicted octanol–water partition coefficient (Wildman–Crippen LogP) is 4.87. The van der Waals surface area contributed by atoms with Crippen LogP contribution in [0.5, 0.6) is 0 Å². The van der Waals surface area contributed by atoms with Crippen molar-refractivity contribution < 1.29 is 4.79 Å². The molecule has 0 radical (unpaired) electrons. The third kappa shape index (κ3) is 5.16. The lowest BCUT2D eigenvalue weighted by Gasteiger charge is -2.09. The number of rotatable bonds is 5. The van der Waals surface area contributed by atoms with Crippen molar-refractivity contribution in [3.05, 3.63) is 62.7 Å². The molecule has 1 N–H and O–H groups in total. The van der Waals surface area contributed by atoms with Gasteiger partial charge >= 0.3 is 0 Å². The van der Waals surface area contributed by atoms with E-state index in [1.807, 2.05) is 19.1 Å². The van der Waals surface area contributed by atoms with E-state index in [-0.39, 0.29) is 5.91 Å². The van der Waals surface area contributed by atoms with Crippen LogP contribution in [0.25, 0.3) is 0 Å². The number of halogens is 1. The van der Waals surface area contributed by atoms with Crippen LogP contribution in [-0.4, -0.2) is 5.91 Å². The summed E-state index contributed by atoms with van der Waals surface area (Å²) >= 11 is 2.27. The Hall–Kier alpha value is -1.36. The summed E-state index contributed by atoms with van der Waals surface area (Å²) in [6.45, 7) is 4.10. The Morgan fingerprint density at radius 1 is 1.10 bits per heavy atom. The highest BCUT2D eigenvalue weighted by Gasteiger charge is 2.05. The van der Waals surface area contributed by atoms with E-state index in [9.17, 15) is 4.79 Å². The van der Waals surface area contributed by atoms with Gasteiger partial charge in [-0.2, -0.15) is 0 Å². The molecule has 0 aromatic heterocycles. The van der Waals surface area contributed by atoms with E-state index >= 15 is 0 Å². The summed E-state index contributed by atoms with van der Waals surface area (Å²) in [4.78, 5) is 12.0. The second kappa shape index (κ2) is 7.59. The van der Waals surface area contributed by atoms with Crippen molar-refractivity contribution in [2.45, 2.75) is 33.1 Å². The van der Waals surface area contributed by atoms with Gasteiger partial charge in [0, 0.05) is 15.7 Å². The highest BCUT2D eigenvalue weighted by atomic mass is 127. The van der Waals surface area contributed by atoms with Crippen molar-refractivity contribution in [2.75, 3.05) is 5.32 Å². The van der Waals surface area contributed by atoms with E-state index in [4.69, 9.17) is 0 Å². The van der Waals surface area contributed by atoms with Crippen LogP contribution in [0.2, 0.25) is 0 Å². The minimum absolute atomic E-state index is 0.0893. The zero-order valence-electron chi connectivity index (χ0n) is 12.4. The van der Waals surface area contributed by atoms with Gasteiger partial charge in [-0.3, -0.25) is 4.79 Å². The molecule has 0 bridgehead atoms. The number of hydrogen-bond acceptors (Lipinski definition) is 1. The first-order valence-electron chi connectivity index (χ1n) is 7.16. The van der Waals surface area contributed by atoms with Crippen molar-refractivity contribution in [2.24, 2.45) is 0 Å². The van der Waals surface area contributed by atoms with Crippen molar-refractivity contribution >= 4 is 34.2 Å². The molecule has 0 saturated carbocycles. The molecule has 0 heterocycles. The Morgan fingerprint density at radius 3 is 2.48 bits per heavy atom. The first kappa shape index (κ1) is 16.0. The van der Waals surface area contributed by atoms with E-state index in [0.29, 0.717) is 6.42 Å².